The van der Waals surface area contributed by atoms with Crippen molar-refractivity contribution < 1.29 is 9.21 Å². The normalized spacial score (nSPS) is 12.5. The molecular weight excluding hydrogens is 288 g/mol. The summed E-state index contributed by atoms with van der Waals surface area (Å²) in [6.07, 6.45) is 0.769. The van der Waals surface area contributed by atoms with Crippen LogP contribution in [0, 0.1) is 5.92 Å². The Kier molecular flexibility index (Phi) is 4.42. The number of carbonyl (C=O) groups excluding carboxylic acids is 1. The first kappa shape index (κ1) is 15.3. The number of nitrogens with zero attached hydrogens (tertiary/aromatic N) is 1. The lowest BCUT2D eigenvalue weighted by atomic mass is 10.0. The maximum atomic E-state index is 12.4. The van der Waals surface area contributed by atoms with Crippen molar-refractivity contribution in [2.24, 2.45) is 5.92 Å². The molecule has 0 radical (unpaired) electrons. The second-order valence-electron chi connectivity index (χ2n) is 6.04. The fraction of sp³-hybridized carbons (Fsp3) is 0.263. The molecule has 1 aromatic heterocycles. The molecule has 1 amide bonds. The minimum atomic E-state index is -0.241. The Morgan fingerprint density at radius 1 is 1.09 bits per heavy atom. The van der Waals surface area contributed by atoms with Crippen LogP contribution < -0.4 is 5.32 Å². The van der Waals surface area contributed by atoms with Gasteiger partial charge >= 0.3 is 0 Å². The zero-order valence-electron chi connectivity index (χ0n) is 13.3. The summed E-state index contributed by atoms with van der Waals surface area (Å²) in [4.78, 5) is 17.0. The molecule has 118 valence electrons. The number of benzene rings is 2. The topological polar surface area (TPSA) is 55.1 Å². The van der Waals surface area contributed by atoms with Gasteiger partial charge in [0.25, 0.3) is 5.91 Å². The minimum absolute atomic E-state index is 0.112. The maximum Gasteiger partial charge on any atom is 0.251 e. The second kappa shape index (κ2) is 6.65. The van der Waals surface area contributed by atoms with Crippen LogP contribution in [0.3, 0.4) is 0 Å². The number of rotatable bonds is 5. The van der Waals surface area contributed by atoms with E-state index in [1.807, 2.05) is 42.5 Å². The summed E-state index contributed by atoms with van der Waals surface area (Å²) in [5, 5.41) is 3.05. The molecule has 1 atom stereocenters. The molecular formula is C19H20N2O2. The van der Waals surface area contributed by atoms with E-state index in [9.17, 15) is 4.79 Å². The summed E-state index contributed by atoms with van der Waals surface area (Å²) in [6.45, 7) is 4.23. The van der Waals surface area contributed by atoms with Gasteiger partial charge in [0, 0.05) is 5.56 Å². The molecule has 2 aromatic carbocycles. The number of carbonyl (C=O) groups is 1. The third kappa shape index (κ3) is 3.59. The van der Waals surface area contributed by atoms with Crippen LogP contribution in [0.4, 0.5) is 0 Å². The van der Waals surface area contributed by atoms with E-state index in [-0.39, 0.29) is 11.9 Å². The van der Waals surface area contributed by atoms with Gasteiger partial charge in [0.1, 0.15) is 11.6 Å². The maximum absolute atomic E-state index is 12.4. The molecule has 3 rings (SSSR count). The van der Waals surface area contributed by atoms with E-state index in [1.165, 1.54) is 0 Å². The fourth-order valence-electron chi connectivity index (χ4n) is 2.56. The molecule has 0 bridgehead atoms. The van der Waals surface area contributed by atoms with Crippen LogP contribution in [0.1, 0.15) is 42.6 Å². The van der Waals surface area contributed by atoms with Crippen molar-refractivity contribution in [3.8, 4) is 0 Å². The van der Waals surface area contributed by atoms with Crippen molar-refractivity contribution in [2.45, 2.75) is 26.3 Å². The van der Waals surface area contributed by atoms with Gasteiger partial charge < -0.3 is 9.73 Å². The van der Waals surface area contributed by atoms with Crippen molar-refractivity contribution in [3.05, 3.63) is 66.1 Å². The van der Waals surface area contributed by atoms with Crippen LogP contribution in [0.5, 0.6) is 0 Å². The SMILES string of the molecule is CC(C)C[C@H](NC(=O)c1ccccc1)c1nc2ccccc2o1. The number of para-hydroxylation sites is 2. The number of hydrogen-bond donors (Lipinski definition) is 1. The summed E-state index contributed by atoms with van der Waals surface area (Å²) in [6, 6.07) is 16.6. The van der Waals surface area contributed by atoms with Crippen LogP contribution in [0.25, 0.3) is 11.1 Å². The molecule has 4 heteroatoms. The van der Waals surface area contributed by atoms with E-state index in [0.29, 0.717) is 17.4 Å². The number of fused-ring (bicyclic) bond motifs is 1. The number of aromatic nitrogens is 1. The Bertz CT molecular complexity index is 760. The molecule has 0 fully saturated rings. The number of hydrogen-bond acceptors (Lipinski definition) is 3. The Morgan fingerprint density at radius 2 is 1.78 bits per heavy atom. The predicted molar refractivity (Wildman–Crippen MR) is 90.1 cm³/mol. The monoisotopic (exact) mass is 308 g/mol. The van der Waals surface area contributed by atoms with Crippen LogP contribution in [0.2, 0.25) is 0 Å². The summed E-state index contributed by atoms with van der Waals surface area (Å²) >= 11 is 0. The molecule has 1 N–H and O–H groups in total. The van der Waals surface area contributed by atoms with Gasteiger partial charge in [-0.1, -0.05) is 44.2 Å². The number of nitrogens with one attached hydrogen (secondary N) is 1. The van der Waals surface area contributed by atoms with Gasteiger partial charge in [0.2, 0.25) is 5.89 Å². The largest absolute Gasteiger partial charge is 0.438 e. The molecule has 0 saturated heterocycles. The van der Waals surface area contributed by atoms with Crippen LogP contribution >= 0.6 is 0 Å². The first-order chi connectivity index (χ1) is 11.1. The highest BCUT2D eigenvalue weighted by atomic mass is 16.3. The van der Waals surface area contributed by atoms with Crippen LogP contribution in [-0.2, 0) is 0 Å². The molecule has 3 aromatic rings. The van der Waals surface area contributed by atoms with E-state index >= 15 is 0 Å². The summed E-state index contributed by atoms with van der Waals surface area (Å²) < 4.78 is 5.84. The van der Waals surface area contributed by atoms with Crippen LogP contribution in [0.15, 0.2) is 59.0 Å². The van der Waals surface area contributed by atoms with Crippen molar-refractivity contribution in [1.29, 1.82) is 0 Å². The Hall–Kier alpha value is -2.62. The lowest BCUT2D eigenvalue weighted by Gasteiger charge is -2.17. The van der Waals surface area contributed by atoms with Gasteiger partial charge in [-0.25, -0.2) is 4.98 Å². The molecule has 0 spiro atoms. The summed E-state index contributed by atoms with van der Waals surface area (Å²) in [5.74, 6) is 0.855. The van der Waals surface area contributed by atoms with E-state index in [1.54, 1.807) is 12.1 Å². The zero-order valence-corrected chi connectivity index (χ0v) is 13.3. The molecule has 0 unspecified atom stereocenters. The lowest BCUT2D eigenvalue weighted by molar-refractivity contribution is 0.0925. The molecule has 23 heavy (non-hydrogen) atoms. The Morgan fingerprint density at radius 3 is 2.48 bits per heavy atom. The first-order valence-corrected chi connectivity index (χ1v) is 7.85. The molecule has 4 nitrogen and oxygen atoms in total. The van der Waals surface area contributed by atoms with Crippen molar-refractivity contribution in [1.82, 2.24) is 10.3 Å². The molecule has 0 aliphatic carbocycles. The highest BCUT2D eigenvalue weighted by molar-refractivity contribution is 5.94. The van der Waals surface area contributed by atoms with Gasteiger partial charge in [-0.05, 0) is 36.6 Å². The third-order valence-corrected chi connectivity index (χ3v) is 3.66. The van der Waals surface area contributed by atoms with Gasteiger partial charge in [0.15, 0.2) is 5.58 Å². The van der Waals surface area contributed by atoms with E-state index < -0.39 is 0 Å². The van der Waals surface area contributed by atoms with Gasteiger partial charge in [0.05, 0.1) is 0 Å². The standard InChI is InChI=1S/C19H20N2O2/c1-13(2)12-16(20-18(22)14-8-4-3-5-9-14)19-21-15-10-6-7-11-17(15)23-19/h3-11,13,16H,12H2,1-2H3,(H,20,22)/t16-/m0/s1. The molecule has 0 aliphatic heterocycles. The fourth-order valence-corrected chi connectivity index (χ4v) is 2.56. The molecule has 0 saturated carbocycles. The summed E-state index contributed by atoms with van der Waals surface area (Å²) in [7, 11) is 0. The van der Waals surface area contributed by atoms with Gasteiger partial charge in [-0.2, -0.15) is 0 Å². The lowest BCUT2D eigenvalue weighted by Crippen LogP contribution is -2.29. The van der Waals surface area contributed by atoms with Crippen molar-refractivity contribution in [3.63, 3.8) is 0 Å². The number of oxazole rings is 1. The first-order valence-electron chi connectivity index (χ1n) is 7.85. The third-order valence-electron chi connectivity index (χ3n) is 3.66. The average molecular weight is 308 g/mol. The zero-order chi connectivity index (χ0) is 16.2. The second-order valence-corrected chi connectivity index (χ2v) is 6.04. The predicted octanol–water partition coefficient (Wildman–Crippen LogP) is 4.35. The van der Waals surface area contributed by atoms with Crippen molar-refractivity contribution >= 4 is 17.0 Å². The smallest absolute Gasteiger partial charge is 0.251 e. The molecule has 1 heterocycles. The van der Waals surface area contributed by atoms with Crippen LogP contribution in [-0.4, -0.2) is 10.9 Å². The quantitative estimate of drug-likeness (QED) is 0.762. The highest BCUT2D eigenvalue weighted by Crippen LogP contribution is 2.25. The Labute approximate surface area is 135 Å². The Balaban J connectivity index is 1.87. The number of amides is 1. The minimum Gasteiger partial charge on any atom is -0.438 e. The highest BCUT2D eigenvalue weighted by Gasteiger charge is 2.22. The summed E-state index contributed by atoms with van der Waals surface area (Å²) in [5.41, 5.74) is 2.19. The van der Waals surface area contributed by atoms with Gasteiger partial charge in [-0.3, -0.25) is 4.79 Å². The average Bonchev–Trinajstić information content (AvgIpc) is 2.98. The van der Waals surface area contributed by atoms with E-state index in [0.717, 1.165) is 17.5 Å². The van der Waals surface area contributed by atoms with E-state index in [4.69, 9.17) is 4.42 Å². The van der Waals surface area contributed by atoms with Crippen molar-refractivity contribution in [2.75, 3.05) is 0 Å². The van der Waals surface area contributed by atoms with E-state index in [2.05, 4.69) is 24.1 Å². The molecule has 0 aliphatic rings. The van der Waals surface area contributed by atoms with Gasteiger partial charge in [-0.15, -0.1) is 0 Å².